The first kappa shape index (κ1) is 14.6. The first-order valence-corrected chi connectivity index (χ1v) is 7.47. The number of halogens is 1. The first-order valence-electron chi connectivity index (χ1n) is 7.09. The molecule has 1 aromatic heterocycles. The van der Waals surface area contributed by atoms with Crippen molar-refractivity contribution in [2.24, 2.45) is 5.41 Å². The van der Waals surface area contributed by atoms with Gasteiger partial charge in [0.05, 0.1) is 0 Å². The summed E-state index contributed by atoms with van der Waals surface area (Å²) in [6, 6.07) is 0.500. The van der Waals surface area contributed by atoms with E-state index in [9.17, 15) is 0 Å². The minimum atomic E-state index is 0.290. The molecule has 1 heterocycles. The molecule has 1 aliphatic carbocycles. The van der Waals surface area contributed by atoms with E-state index in [1.807, 2.05) is 6.92 Å². The van der Waals surface area contributed by atoms with Crippen molar-refractivity contribution in [3.05, 3.63) is 16.5 Å². The van der Waals surface area contributed by atoms with Gasteiger partial charge in [0.1, 0.15) is 16.8 Å². The van der Waals surface area contributed by atoms with Crippen molar-refractivity contribution < 1.29 is 0 Å². The van der Waals surface area contributed by atoms with Gasteiger partial charge in [0.25, 0.3) is 0 Å². The van der Waals surface area contributed by atoms with E-state index < -0.39 is 0 Å². The fourth-order valence-corrected chi connectivity index (χ4v) is 2.83. The zero-order valence-electron chi connectivity index (χ0n) is 12.5. The number of nitrogens with one attached hydrogen (secondary N) is 1. The van der Waals surface area contributed by atoms with Crippen LogP contribution in [0.4, 0.5) is 5.82 Å². The number of nitrogens with zero attached hydrogens (tertiary/aromatic N) is 2. The lowest BCUT2D eigenvalue weighted by Gasteiger charge is -2.20. The van der Waals surface area contributed by atoms with Crippen LogP contribution in [0.5, 0.6) is 0 Å². The smallest absolute Gasteiger partial charge is 0.137 e. The van der Waals surface area contributed by atoms with E-state index >= 15 is 0 Å². The highest BCUT2D eigenvalue weighted by atomic mass is 35.5. The molecule has 4 heteroatoms. The highest BCUT2D eigenvalue weighted by molar-refractivity contribution is 6.30. The van der Waals surface area contributed by atoms with Crippen LogP contribution in [0.3, 0.4) is 0 Å². The van der Waals surface area contributed by atoms with Gasteiger partial charge in [-0.1, -0.05) is 39.3 Å². The molecular formula is C15H24ClN3. The normalized spacial score (nSPS) is 21.9. The summed E-state index contributed by atoms with van der Waals surface area (Å²) in [6.07, 6.45) is 3.65. The van der Waals surface area contributed by atoms with E-state index in [2.05, 4.69) is 43.0 Å². The molecular weight excluding hydrogens is 258 g/mol. The van der Waals surface area contributed by atoms with Crippen LogP contribution in [0.2, 0.25) is 5.15 Å². The molecule has 1 aromatic rings. The molecule has 19 heavy (non-hydrogen) atoms. The number of hydrogen-bond acceptors (Lipinski definition) is 3. The molecule has 1 unspecified atom stereocenters. The maximum Gasteiger partial charge on any atom is 0.137 e. The lowest BCUT2D eigenvalue weighted by molar-refractivity contribution is 0.378. The highest BCUT2D eigenvalue weighted by Crippen LogP contribution is 2.38. The molecule has 2 rings (SSSR count). The standard InChI is InChI=1S/C15H24ClN3/c1-9(2)13-18-12(16)10(3)14(19-13)17-11-6-7-15(4,5)8-11/h9,11H,6-8H2,1-5H3,(H,17,18,19). The summed E-state index contributed by atoms with van der Waals surface area (Å²) in [4.78, 5) is 8.99. The van der Waals surface area contributed by atoms with Gasteiger partial charge in [-0.25, -0.2) is 9.97 Å². The van der Waals surface area contributed by atoms with Crippen molar-refractivity contribution in [3.63, 3.8) is 0 Å². The SMILES string of the molecule is Cc1c(Cl)nc(C(C)C)nc1NC1CCC(C)(C)C1. The topological polar surface area (TPSA) is 37.8 Å². The van der Waals surface area contributed by atoms with Crippen molar-refractivity contribution in [2.45, 2.75) is 65.8 Å². The Morgan fingerprint density at radius 1 is 1.32 bits per heavy atom. The molecule has 0 amide bonds. The van der Waals surface area contributed by atoms with Gasteiger partial charge < -0.3 is 5.32 Å². The van der Waals surface area contributed by atoms with Crippen molar-refractivity contribution >= 4 is 17.4 Å². The van der Waals surface area contributed by atoms with Gasteiger partial charge in [0.15, 0.2) is 0 Å². The summed E-state index contributed by atoms with van der Waals surface area (Å²) >= 11 is 6.21. The third-order valence-electron chi connectivity index (χ3n) is 3.93. The maximum absolute atomic E-state index is 6.21. The van der Waals surface area contributed by atoms with Crippen LogP contribution in [0.1, 0.15) is 64.3 Å². The zero-order valence-corrected chi connectivity index (χ0v) is 13.3. The fourth-order valence-electron chi connectivity index (χ4n) is 2.66. The van der Waals surface area contributed by atoms with Crippen molar-refractivity contribution in [3.8, 4) is 0 Å². The van der Waals surface area contributed by atoms with Crippen LogP contribution < -0.4 is 5.32 Å². The molecule has 0 radical (unpaired) electrons. The van der Waals surface area contributed by atoms with Crippen LogP contribution in [-0.2, 0) is 0 Å². The number of anilines is 1. The lowest BCUT2D eigenvalue weighted by atomic mass is 9.92. The third kappa shape index (κ3) is 3.38. The van der Waals surface area contributed by atoms with E-state index in [-0.39, 0.29) is 0 Å². The molecule has 106 valence electrons. The Labute approximate surface area is 121 Å². The van der Waals surface area contributed by atoms with Gasteiger partial charge in [-0.05, 0) is 31.6 Å². The van der Waals surface area contributed by atoms with Gasteiger partial charge >= 0.3 is 0 Å². The van der Waals surface area contributed by atoms with Gasteiger partial charge in [0.2, 0.25) is 0 Å². The Hall–Kier alpha value is -0.830. The molecule has 0 aliphatic heterocycles. The van der Waals surface area contributed by atoms with E-state index in [1.165, 1.54) is 19.3 Å². The maximum atomic E-state index is 6.21. The predicted octanol–water partition coefficient (Wildman–Crippen LogP) is 4.55. The van der Waals surface area contributed by atoms with E-state index in [0.29, 0.717) is 22.5 Å². The molecule has 0 aromatic carbocycles. The van der Waals surface area contributed by atoms with Gasteiger partial charge in [-0.2, -0.15) is 0 Å². The molecule has 1 aliphatic rings. The summed E-state index contributed by atoms with van der Waals surface area (Å²) in [5.41, 5.74) is 1.39. The lowest BCUT2D eigenvalue weighted by Crippen LogP contribution is -2.20. The molecule has 0 spiro atoms. The van der Waals surface area contributed by atoms with Crippen LogP contribution in [0.15, 0.2) is 0 Å². The Kier molecular flexibility index (Phi) is 4.05. The minimum Gasteiger partial charge on any atom is -0.367 e. The Morgan fingerprint density at radius 3 is 2.53 bits per heavy atom. The van der Waals surface area contributed by atoms with E-state index in [0.717, 1.165) is 17.2 Å². The predicted molar refractivity (Wildman–Crippen MR) is 80.9 cm³/mol. The van der Waals surface area contributed by atoms with Gasteiger partial charge in [0, 0.05) is 17.5 Å². The summed E-state index contributed by atoms with van der Waals surface area (Å²) < 4.78 is 0. The van der Waals surface area contributed by atoms with E-state index in [1.54, 1.807) is 0 Å². The number of aromatic nitrogens is 2. The van der Waals surface area contributed by atoms with Gasteiger partial charge in [-0.15, -0.1) is 0 Å². The van der Waals surface area contributed by atoms with Crippen molar-refractivity contribution in [2.75, 3.05) is 5.32 Å². The summed E-state index contributed by atoms with van der Waals surface area (Å²) in [5.74, 6) is 2.01. The summed E-state index contributed by atoms with van der Waals surface area (Å²) in [7, 11) is 0. The van der Waals surface area contributed by atoms with E-state index in [4.69, 9.17) is 11.6 Å². The second kappa shape index (κ2) is 5.28. The molecule has 1 fully saturated rings. The zero-order chi connectivity index (χ0) is 14.2. The monoisotopic (exact) mass is 281 g/mol. The Bertz CT molecular complexity index is 469. The molecule has 3 nitrogen and oxygen atoms in total. The largest absolute Gasteiger partial charge is 0.367 e. The summed E-state index contributed by atoms with van der Waals surface area (Å²) in [6.45, 7) is 10.8. The van der Waals surface area contributed by atoms with Crippen LogP contribution in [0, 0.1) is 12.3 Å². The van der Waals surface area contributed by atoms with Crippen LogP contribution >= 0.6 is 11.6 Å². The quantitative estimate of drug-likeness (QED) is 0.826. The molecule has 1 atom stereocenters. The number of rotatable bonds is 3. The van der Waals surface area contributed by atoms with Crippen molar-refractivity contribution in [1.82, 2.24) is 9.97 Å². The minimum absolute atomic E-state index is 0.290. The van der Waals surface area contributed by atoms with Crippen LogP contribution in [-0.4, -0.2) is 16.0 Å². The van der Waals surface area contributed by atoms with Crippen molar-refractivity contribution in [1.29, 1.82) is 0 Å². The molecule has 1 saturated carbocycles. The van der Waals surface area contributed by atoms with Gasteiger partial charge in [-0.3, -0.25) is 0 Å². The summed E-state index contributed by atoms with van der Waals surface area (Å²) in [5, 5.41) is 4.13. The first-order chi connectivity index (χ1) is 8.78. The molecule has 0 bridgehead atoms. The number of hydrogen-bond donors (Lipinski definition) is 1. The highest BCUT2D eigenvalue weighted by Gasteiger charge is 2.31. The fraction of sp³-hybridized carbons (Fsp3) is 0.733. The Morgan fingerprint density at radius 2 is 2.00 bits per heavy atom. The van der Waals surface area contributed by atoms with Crippen LogP contribution in [0.25, 0.3) is 0 Å². The average Bonchev–Trinajstić information content (AvgIpc) is 2.64. The average molecular weight is 282 g/mol. The second-order valence-electron chi connectivity index (χ2n) is 6.75. The molecule has 0 saturated heterocycles. The molecule has 1 N–H and O–H groups in total. The third-order valence-corrected chi connectivity index (χ3v) is 4.30. The Balaban J connectivity index is 2.20. The second-order valence-corrected chi connectivity index (χ2v) is 7.11.